The summed E-state index contributed by atoms with van der Waals surface area (Å²) in [6, 6.07) is -0.899. The molecule has 0 radical (unpaired) electrons. The number of rotatable bonds is 2. The summed E-state index contributed by atoms with van der Waals surface area (Å²) in [4.78, 5) is 44.6. The summed E-state index contributed by atoms with van der Waals surface area (Å²) < 4.78 is 0. The van der Waals surface area contributed by atoms with Crippen LogP contribution in [0, 0.1) is 0 Å². The normalized spacial score (nSPS) is 31.8. The summed E-state index contributed by atoms with van der Waals surface area (Å²) in [6.07, 6.45) is -0.893. The molecule has 0 aromatic carbocycles. The Morgan fingerprint density at radius 1 is 1.21 bits per heavy atom. The number of carbonyl (C=O) groups is 4. The minimum Gasteiger partial charge on any atom is -0.475 e. The van der Waals surface area contributed by atoms with Gasteiger partial charge in [0.2, 0.25) is 5.91 Å². The number of carboxylic acids is 1. The van der Waals surface area contributed by atoms with E-state index in [4.69, 9.17) is 10.8 Å². The van der Waals surface area contributed by atoms with Crippen LogP contribution in [0.15, 0.2) is 11.8 Å². The van der Waals surface area contributed by atoms with Gasteiger partial charge in [-0.2, -0.15) is 0 Å². The third-order valence-corrected chi connectivity index (χ3v) is 2.60. The molecule has 0 spiro atoms. The van der Waals surface area contributed by atoms with Crippen molar-refractivity contribution in [2.75, 3.05) is 0 Å². The maximum atomic E-state index is 11.6. The Morgan fingerprint density at radius 2 is 1.89 bits per heavy atom. The smallest absolute Gasteiger partial charge is 0.376 e. The van der Waals surface area contributed by atoms with Crippen molar-refractivity contribution in [3.8, 4) is 0 Å². The average Bonchev–Trinajstić information content (AvgIpc) is 2.31. The molecule has 2 amide bonds. The van der Waals surface area contributed by atoms with Crippen molar-refractivity contribution in [1.82, 2.24) is 21.3 Å². The molecule has 10 nitrogen and oxygen atoms in total. The first-order valence-electron chi connectivity index (χ1n) is 5.27. The van der Waals surface area contributed by atoms with Crippen LogP contribution < -0.4 is 27.0 Å². The van der Waals surface area contributed by atoms with Gasteiger partial charge in [0.05, 0.1) is 0 Å². The molecule has 0 aromatic heterocycles. The molecule has 10 heteroatoms. The van der Waals surface area contributed by atoms with Crippen LogP contribution in [-0.4, -0.2) is 47.2 Å². The van der Waals surface area contributed by atoms with Crippen LogP contribution in [0.25, 0.3) is 0 Å². The highest BCUT2D eigenvalue weighted by Crippen LogP contribution is 2.08. The fraction of sp³-hybridized carbons (Fsp3) is 0.333. The predicted molar refractivity (Wildman–Crippen MR) is 58.8 cm³/mol. The quantitative estimate of drug-likeness (QED) is 0.217. The summed E-state index contributed by atoms with van der Waals surface area (Å²) in [6.45, 7) is 0. The highest BCUT2D eigenvalue weighted by atomic mass is 16.4. The Morgan fingerprint density at radius 3 is 2.53 bits per heavy atom. The van der Waals surface area contributed by atoms with Crippen LogP contribution >= 0.6 is 0 Å². The molecule has 102 valence electrons. The number of nitrogens with two attached hydrogens (primary N) is 1. The minimum atomic E-state index is -1.68. The molecule has 0 aromatic rings. The summed E-state index contributed by atoms with van der Waals surface area (Å²) in [5.74, 6) is -4.17. The van der Waals surface area contributed by atoms with E-state index in [1.165, 1.54) is 0 Å². The number of fused-ring (bicyclic) bond motifs is 1. The SMILES string of the molecule is NC1NC(=O)C2NC(=O)C(=CC(=O)C(=O)O)NC2N1. The van der Waals surface area contributed by atoms with Gasteiger partial charge in [0.15, 0.2) is 0 Å². The number of amides is 2. The molecule has 3 unspecified atom stereocenters. The van der Waals surface area contributed by atoms with Gasteiger partial charge in [0, 0.05) is 6.08 Å². The van der Waals surface area contributed by atoms with Gasteiger partial charge in [-0.25, -0.2) is 4.79 Å². The lowest BCUT2D eigenvalue weighted by molar-refractivity contribution is -0.146. The number of hydrogen-bond donors (Lipinski definition) is 6. The molecule has 0 saturated carbocycles. The zero-order valence-electron chi connectivity index (χ0n) is 9.47. The second-order valence-electron chi connectivity index (χ2n) is 3.95. The zero-order chi connectivity index (χ0) is 14.2. The number of piperazine rings is 1. The number of carbonyl (C=O) groups excluding carboxylic acids is 3. The Labute approximate surface area is 106 Å². The van der Waals surface area contributed by atoms with E-state index in [-0.39, 0.29) is 5.70 Å². The van der Waals surface area contributed by atoms with Crippen LogP contribution in [0.4, 0.5) is 0 Å². The van der Waals surface area contributed by atoms with Crippen LogP contribution in [0.3, 0.4) is 0 Å². The van der Waals surface area contributed by atoms with Gasteiger partial charge >= 0.3 is 5.97 Å². The third-order valence-electron chi connectivity index (χ3n) is 2.60. The molecule has 2 rings (SSSR count). The molecular formula is C9H11N5O5. The van der Waals surface area contributed by atoms with E-state index in [1.807, 2.05) is 0 Å². The highest BCUT2D eigenvalue weighted by Gasteiger charge is 2.40. The van der Waals surface area contributed by atoms with Gasteiger partial charge < -0.3 is 21.1 Å². The first-order valence-corrected chi connectivity index (χ1v) is 5.27. The van der Waals surface area contributed by atoms with E-state index in [9.17, 15) is 19.2 Å². The monoisotopic (exact) mass is 269 g/mol. The van der Waals surface area contributed by atoms with Crippen molar-refractivity contribution < 1.29 is 24.3 Å². The van der Waals surface area contributed by atoms with Crippen LogP contribution in [0.2, 0.25) is 0 Å². The van der Waals surface area contributed by atoms with Crippen molar-refractivity contribution in [1.29, 1.82) is 0 Å². The van der Waals surface area contributed by atoms with Gasteiger partial charge in [-0.15, -0.1) is 0 Å². The van der Waals surface area contributed by atoms with Crippen molar-refractivity contribution in [2.45, 2.75) is 18.5 Å². The van der Waals surface area contributed by atoms with Crippen molar-refractivity contribution >= 4 is 23.6 Å². The van der Waals surface area contributed by atoms with E-state index in [0.717, 1.165) is 0 Å². The second-order valence-corrected chi connectivity index (χ2v) is 3.95. The van der Waals surface area contributed by atoms with E-state index in [1.54, 1.807) is 0 Å². The lowest BCUT2D eigenvalue weighted by atomic mass is 10.1. The van der Waals surface area contributed by atoms with E-state index in [2.05, 4.69) is 21.3 Å². The molecule has 19 heavy (non-hydrogen) atoms. The molecule has 3 atom stereocenters. The van der Waals surface area contributed by atoms with Crippen LogP contribution in [0.1, 0.15) is 0 Å². The minimum absolute atomic E-state index is 0.247. The van der Waals surface area contributed by atoms with Gasteiger partial charge in [0.25, 0.3) is 11.7 Å². The second kappa shape index (κ2) is 4.66. The molecule has 2 heterocycles. The molecule has 2 aliphatic heterocycles. The number of ketones is 1. The van der Waals surface area contributed by atoms with E-state index in [0.29, 0.717) is 6.08 Å². The van der Waals surface area contributed by atoms with Gasteiger partial charge in [-0.05, 0) is 0 Å². The van der Waals surface area contributed by atoms with E-state index >= 15 is 0 Å². The largest absolute Gasteiger partial charge is 0.475 e. The van der Waals surface area contributed by atoms with Gasteiger partial charge in [-0.3, -0.25) is 25.4 Å². The average molecular weight is 269 g/mol. The maximum absolute atomic E-state index is 11.6. The Bertz CT molecular complexity index is 501. The molecule has 0 bridgehead atoms. The lowest BCUT2D eigenvalue weighted by Gasteiger charge is -2.40. The number of hydrogen-bond acceptors (Lipinski definition) is 7. The topological polar surface area (TPSA) is 163 Å². The number of carboxylic acid groups (broad SMARTS) is 1. The van der Waals surface area contributed by atoms with Gasteiger partial charge in [0.1, 0.15) is 24.2 Å². The molecular weight excluding hydrogens is 258 g/mol. The van der Waals surface area contributed by atoms with Gasteiger partial charge in [-0.1, -0.05) is 0 Å². The maximum Gasteiger partial charge on any atom is 0.376 e. The van der Waals surface area contributed by atoms with Crippen molar-refractivity contribution in [3.63, 3.8) is 0 Å². The third kappa shape index (κ3) is 2.53. The summed E-state index contributed by atoms with van der Waals surface area (Å²) in [5.41, 5.74) is 5.24. The van der Waals surface area contributed by atoms with Crippen molar-refractivity contribution in [3.05, 3.63) is 11.8 Å². The highest BCUT2D eigenvalue weighted by molar-refractivity contribution is 6.38. The summed E-state index contributed by atoms with van der Waals surface area (Å²) in [7, 11) is 0. The first-order chi connectivity index (χ1) is 8.88. The Hall–Kier alpha value is -2.46. The van der Waals surface area contributed by atoms with Crippen LogP contribution in [0.5, 0.6) is 0 Å². The zero-order valence-corrected chi connectivity index (χ0v) is 9.47. The molecule has 2 fully saturated rings. The van der Waals surface area contributed by atoms with E-state index < -0.39 is 42.1 Å². The Balaban J connectivity index is 2.19. The fourth-order valence-corrected chi connectivity index (χ4v) is 1.75. The number of nitrogens with one attached hydrogen (secondary N) is 4. The number of aliphatic carboxylic acids is 1. The molecule has 0 aliphatic carbocycles. The fourth-order valence-electron chi connectivity index (χ4n) is 1.75. The predicted octanol–water partition coefficient (Wildman–Crippen LogP) is -4.10. The summed E-state index contributed by atoms with van der Waals surface area (Å²) >= 11 is 0. The molecule has 2 aliphatic rings. The van der Waals surface area contributed by atoms with Crippen molar-refractivity contribution in [2.24, 2.45) is 5.73 Å². The summed E-state index contributed by atoms with van der Waals surface area (Å²) in [5, 5.41) is 18.5. The molecule has 2 saturated heterocycles. The lowest BCUT2D eigenvalue weighted by Crippen LogP contribution is -2.77. The Kier molecular flexibility index (Phi) is 3.19. The standard InChI is InChI=1S/C9H11N5O5/c10-9-13-5-4(7(17)14-9)12-6(16)2(11-5)1-3(15)8(18)19/h1,4-5,9,11,13H,10H2,(H,12,16)(H,14,17)(H,18,19). The molecule has 7 N–H and O–H groups in total. The van der Waals surface area contributed by atoms with Crippen LogP contribution in [-0.2, 0) is 19.2 Å². The first kappa shape index (κ1) is 13.0.